The zero-order valence-electron chi connectivity index (χ0n) is 11.0. The minimum Gasteiger partial charge on any atom is -0.497 e. The Bertz CT molecular complexity index is 499. The summed E-state index contributed by atoms with van der Waals surface area (Å²) in [6, 6.07) is 7.76. The van der Waals surface area contributed by atoms with E-state index in [-0.39, 0.29) is 0 Å². The number of hydrogen-bond acceptors (Lipinski definition) is 6. The molecule has 1 aromatic heterocycles. The highest BCUT2D eigenvalue weighted by molar-refractivity contribution is 8.01. The van der Waals surface area contributed by atoms with Crippen LogP contribution >= 0.6 is 23.1 Å². The number of anilines is 2. The van der Waals surface area contributed by atoms with Gasteiger partial charge in [0.05, 0.1) is 7.11 Å². The first-order chi connectivity index (χ1) is 9.31. The van der Waals surface area contributed by atoms with Crippen LogP contribution in [-0.2, 0) is 0 Å². The van der Waals surface area contributed by atoms with Gasteiger partial charge in [0.2, 0.25) is 5.13 Å². The third kappa shape index (κ3) is 4.40. The molecular formula is C13H17N3OS2. The lowest BCUT2D eigenvalue weighted by atomic mass is 10.3. The molecule has 0 aliphatic carbocycles. The van der Waals surface area contributed by atoms with Crippen molar-refractivity contribution in [2.75, 3.05) is 18.2 Å². The van der Waals surface area contributed by atoms with Crippen molar-refractivity contribution in [3.63, 3.8) is 0 Å². The van der Waals surface area contributed by atoms with E-state index in [1.165, 1.54) is 12.8 Å². The molecule has 1 heterocycles. The molecule has 0 aliphatic heterocycles. The van der Waals surface area contributed by atoms with Crippen LogP contribution in [0, 0.1) is 0 Å². The molecular weight excluding hydrogens is 278 g/mol. The largest absolute Gasteiger partial charge is 0.497 e. The third-order valence-electron chi connectivity index (χ3n) is 2.47. The van der Waals surface area contributed by atoms with Crippen molar-refractivity contribution in [2.45, 2.75) is 24.1 Å². The predicted molar refractivity (Wildman–Crippen MR) is 81.8 cm³/mol. The van der Waals surface area contributed by atoms with E-state index in [1.807, 2.05) is 24.3 Å². The Morgan fingerprint density at radius 3 is 2.74 bits per heavy atom. The van der Waals surface area contributed by atoms with Gasteiger partial charge in [0.15, 0.2) is 4.34 Å². The van der Waals surface area contributed by atoms with Crippen LogP contribution in [0.4, 0.5) is 10.8 Å². The van der Waals surface area contributed by atoms with Crippen molar-refractivity contribution in [2.24, 2.45) is 0 Å². The molecule has 6 heteroatoms. The number of benzene rings is 1. The van der Waals surface area contributed by atoms with Gasteiger partial charge in [-0.05, 0) is 30.7 Å². The summed E-state index contributed by atoms with van der Waals surface area (Å²) in [5.74, 6) is 1.95. The van der Waals surface area contributed by atoms with Crippen molar-refractivity contribution in [3.05, 3.63) is 24.3 Å². The van der Waals surface area contributed by atoms with Crippen molar-refractivity contribution < 1.29 is 4.74 Å². The van der Waals surface area contributed by atoms with E-state index in [9.17, 15) is 0 Å². The molecule has 0 amide bonds. The molecule has 0 bridgehead atoms. The molecule has 0 atom stereocenters. The van der Waals surface area contributed by atoms with E-state index in [2.05, 4.69) is 22.4 Å². The fourth-order valence-electron chi connectivity index (χ4n) is 1.42. The zero-order valence-corrected chi connectivity index (χ0v) is 12.7. The molecule has 0 saturated carbocycles. The first-order valence-electron chi connectivity index (χ1n) is 6.19. The molecule has 0 aliphatic rings. The second kappa shape index (κ2) is 7.35. The minimum atomic E-state index is 0.823. The predicted octanol–water partition coefficient (Wildman–Crippen LogP) is 4.18. The molecule has 102 valence electrons. The number of rotatable bonds is 7. The number of thioether (sulfide) groups is 1. The molecule has 2 aromatic rings. The average molecular weight is 295 g/mol. The highest BCUT2D eigenvalue weighted by Gasteiger charge is 2.04. The standard InChI is InChI=1S/C13H17N3OS2/c1-3-4-9-18-13-16-15-12(19-13)14-10-5-7-11(17-2)8-6-10/h5-8H,3-4,9H2,1-2H3,(H,14,15). The quantitative estimate of drug-likeness (QED) is 0.613. The number of hydrogen-bond donors (Lipinski definition) is 1. The molecule has 2 rings (SSSR count). The van der Waals surface area contributed by atoms with Gasteiger partial charge in [-0.1, -0.05) is 36.4 Å². The van der Waals surface area contributed by atoms with E-state index in [4.69, 9.17) is 4.74 Å². The summed E-state index contributed by atoms with van der Waals surface area (Å²) in [5.41, 5.74) is 0.988. The van der Waals surface area contributed by atoms with E-state index in [0.717, 1.165) is 26.7 Å². The minimum absolute atomic E-state index is 0.823. The van der Waals surface area contributed by atoms with Gasteiger partial charge in [0, 0.05) is 11.4 Å². The SMILES string of the molecule is CCCCSc1nnc(Nc2ccc(OC)cc2)s1. The van der Waals surface area contributed by atoms with E-state index in [0.29, 0.717) is 0 Å². The number of ether oxygens (including phenoxy) is 1. The maximum absolute atomic E-state index is 5.12. The normalized spacial score (nSPS) is 10.4. The Morgan fingerprint density at radius 2 is 2.05 bits per heavy atom. The number of unbranched alkanes of at least 4 members (excludes halogenated alkanes) is 1. The summed E-state index contributed by atoms with van der Waals surface area (Å²) in [4.78, 5) is 0. The van der Waals surface area contributed by atoms with Gasteiger partial charge >= 0.3 is 0 Å². The maximum Gasteiger partial charge on any atom is 0.210 e. The van der Waals surface area contributed by atoms with Crippen LogP contribution in [0.2, 0.25) is 0 Å². The summed E-state index contributed by atoms with van der Waals surface area (Å²) in [6.45, 7) is 2.19. The number of aromatic nitrogens is 2. The van der Waals surface area contributed by atoms with Gasteiger partial charge in [-0.15, -0.1) is 10.2 Å². The van der Waals surface area contributed by atoms with E-state index in [1.54, 1.807) is 30.2 Å². The van der Waals surface area contributed by atoms with Crippen molar-refractivity contribution >= 4 is 33.9 Å². The lowest BCUT2D eigenvalue weighted by molar-refractivity contribution is 0.415. The van der Waals surface area contributed by atoms with Crippen LogP contribution < -0.4 is 10.1 Å². The van der Waals surface area contributed by atoms with Gasteiger partial charge < -0.3 is 10.1 Å². The number of nitrogens with zero attached hydrogens (tertiary/aromatic N) is 2. The van der Waals surface area contributed by atoms with Crippen LogP contribution in [0.25, 0.3) is 0 Å². The summed E-state index contributed by atoms with van der Waals surface area (Å²) in [6.07, 6.45) is 2.42. The number of nitrogens with one attached hydrogen (secondary N) is 1. The Labute approximate surface area is 121 Å². The Kier molecular flexibility index (Phi) is 5.47. The lowest BCUT2D eigenvalue weighted by Gasteiger charge is -2.03. The third-order valence-corrected chi connectivity index (χ3v) is 4.53. The van der Waals surface area contributed by atoms with Crippen molar-refractivity contribution in [1.82, 2.24) is 10.2 Å². The highest BCUT2D eigenvalue weighted by atomic mass is 32.2. The zero-order chi connectivity index (χ0) is 13.5. The van der Waals surface area contributed by atoms with Crippen molar-refractivity contribution in [1.29, 1.82) is 0 Å². The van der Waals surface area contributed by atoms with Gasteiger partial charge in [-0.3, -0.25) is 0 Å². The molecule has 0 radical (unpaired) electrons. The molecule has 1 N–H and O–H groups in total. The van der Waals surface area contributed by atoms with Crippen molar-refractivity contribution in [3.8, 4) is 5.75 Å². The van der Waals surface area contributed by atoms with Crippen LogP contribution in [0.1, 0.15) is 19.8 Å². The van der Waals surface area contributed by atoms with Crippen LogP contribution in [-0.4, -0.2) is 23.1 Å². The van der Waals surface area contributed by atoms with Crippen LogP contribution in [0.5, 0.6) is 5.75 Å². The fraction of sp³-hybridized carbons (Fsp3) is 0.385. The van der Waals surface area contributed by atoms with Gasteiger partial charge in [0.25, 0.3) is 0 Å². The Balaban J connectivity index is 1.91. The van der Waals surface area contributed by atoms with Gasteiger partial charge in [-0.25, -0.2) is 0 Å². The molecule has 0 saturated heterocycles. The Morgan fingerprint density at radius 1 is 1.26 bits per heavy atom. The highest BCUT2D eigenvalue weighted by Crippen LogP contribution is 2.28. The smallest absolute Gasteiger partial charge is 0.210 e. The van der Waals surface area contributed by atoms with E-state index >= 15 is 0 Å². The molecule has 1 aromatic carbocycles. The van der Waals surface area contributed by atoms with E-state index < -0.39 is 0 Å². The second-order valence-electron chi connectivity index (χ2n) is 3.93. The molecule has 0 fully saturated rings. The number of methoxy groups -OCH3 is 1. The monoisotopic (exact) mass is 295 g/mol. The fourth-order valence-corrected chi connectivity index (χ4v) is 3.35. The summed E-state index contributed by atoms with van der Waals surface area (Å²) < 4.78 is 6.14. The molecule has 0 spiro atoms. The molecule has 0 unspecified atom stereocenters. The molecule has 4 nitrogen and oxygen atoms in total. The first kappa shape index (κ1) is 14.1. The summed E-state index contributed by atoms with van der Waals surface area (Å²) in [7, 11) is 1.66. The summed E-state index contributed by atoms with van der Waals surface area (Å²) >= 11 is 3.35. The average Bonchev–Trinajstić information content (AvgIpc) is 2.88. The van der Waals surface area contributed by atoms with Gasteiger partial charge in [-0.2, -0.15) is 0 Å². The topological polar surface area (TPSA) is 47.0 Å². The van der Waals surface area contributed by atoms with Crippen LogP contribution in [0.15, 0.2) is 28.6 Å². The van der Waals surface area contributed by atoms with Crippen LogP contribution in [0.3, 0.4) is 0 Å². The first-order valence-corrected chi connectivity index (χ1v) is 7.99. The lowest BCUT2D eigenvalue weighted by Crippen LogP contribution is -1.89. The maximum atomic E-state index is 5.12. The van der Waals surface area contributed by atoms with Gasteiger partial charge in [0.1, 0.15) is 5.75 Å². The molecule has 19 heavy (non-hydrogen) atoms. The Hall–Kier alpha value is -1.27. The summed E-state index contributed by atoms with van der Waals surface area (Å²) in [5, 5.41) is 12.4. The second-order valence-corrected chi connectivity index (χ2v) is 6.25.